The maximum atomic E-state index is 13.4. The molecule has 0 unspecified atom stereocenters. The van der Waals surface area contributed by atoms with Gasteiger partial charge in [-0.3, -0.25) is 9.69 Å². The minimum atomic E-state index is -0.237. The van der Waals surface area contributed by atoms with E-state index in [-0.39, 0.29) is 11.7 Å². The molecular weight excluding hydrogens is 397 g/mol. The first kappa shape index (κ1) is 19.8. The molecule has 1 aliphatic carbocycles. The first-order valence-corrected chi connectivity index (χ1v) is 11.9. The van der Waals surface area contributed by atoms with Crippen LogP contribution < -0.4 is 0 Å². The molecule has 4 nitrogen and oxygen atoms in total. The van der Waals surface area contributed by atoms with Crippen molar-refractivity contribution in [3.8, 4) is 0 Å². The standard InChI is InChI=1S/C24H28FN3OS/c25-19-8-6-18(7-9-19)17-28-21-10-15-30-23(21)16-22(28)24(29)27-13-11-26(12-14-27)20-4-2-1-3-5-20/h6-10,15-16,20H,1-5,11-14,17H2. The van der Waals surface area contributed by atoms with Crippen LogP contribution in [0.25, 0.3) is 10.2 Å². The summed E-state index contributed by atoms with van der Waals surface area (Å²) in [5, 5.41) is 2.06. The zero-order chi connectivity index (χ0) is 20.5. The first-order chi connectivity index (χ1) is 14.7. The van der Waals surface area contributed by atoms with Crippen molar-refractivity contribution in [3.63, 3.8) is 0 Å². The molecule has 6 heteroatoms. The van der Waals surface area contributed by atoms with Crippen molar-refractivity contribution < 1.29 is 9.18 Å². The fourth-order valence-electron chi connectivity index (χ4n) is 5.00. The number of rotatable bonds is 4. The largest absolute Gasteiger partial charge is 0.335 e. The number of hydrogen-bond donors (Lipinski definition) is 0. The summed E-state index contributed by atoms with van der Waals surface area (Å²) in [5.41, 5.74) is 2.82. The summed E-state index contributed by atoms with van der Waals surface area (Å²) < 4.78 is 16.5. The van der Waals surface area contributed by atoms with Crippen LogP contribution in [0.2, 0.25) is 0 Å². The molecule has 1 amide bonds. The van der Waals surface area contributed by atoms with Crippen molar-refractivity contribution in [2.24, 2.45) is 0 Å². The lowest BCUT2D eigenvalue weighted by Crippen LogP contribution is -2.52. The molecule has 0 spiro atoms. The van der Waals surface area contributed by atoms with Gasteiger partial charge in [-0.05, 0) is 48.1 Å². The maximum absolute atomic E-state index is 13.4. The van der Waals surface area contributed by atoms with E-state index in [1.54, 1.807) is 23.5 Å². The van der Waals surface area contributed by atoms with E-state index in [1.165, 1.54) is 44.2 Å². The van der Waals surface area contributed by atoms with Crippen LogP contribution in [-0.2, 0) is 6.54 Å². The quantitative estimate of drug-likeness (QED) is 0.590. The third-order valence-electron chi connectivity index (χ3n) is 6.69. The van der Waals surface area contributed by atoms with E-state index in [4.69, 9.17) is 0 Å². The van der Waals surface area contributed by atoms with Crippen LogP contribution >= 0.6 is 11.3 Å². The van der Waals surface area contributed by atoms with Gasteiger partial charge in [0, 0.05) is 38.8 Å². The molecule has 3 aromatic rings. The van der Waals surface area contributed by atoms with Crippen LogP contribution in [-0.4, -0.2) is 52.5 Å². The highest BCUT2D eigenvalue weighted by Crippen LogP contribution is 2.28. The zero-order valence-corrected chi connectivity index (χ0v) is 18.0. The summed E-state index contributed by atoms with van der Waals surface area (Å²) >= 11 is 1.66. The number of carbonyl (C=O) groups is 1. The number of nitrogens with zero attached hydrogens (tertiary/aromatic N) is 3. The third-order valence-corrected chi connectivity index (χ3v) is 7.54. The van der Waals surface area contributed by atoms with Crippen LogP contribution in [0.1, 0.15) is 48.2 Å². The highest BCUT2D eigenvalue weighted by Gasteiger charge is 2.29. The zero-order valence-electron chi connectivity index (χ0n) is 17.2. The van der Waals surface area contributed by atoms with Gasteiger partial charge in [0.15, 0.2) is 0 Å². The van der Waals surface area contributed by atoms with Crippen LogP contribution in [0.4, 0.5) is 4.39 Å². The molecule has 1 saturated carbocycles. The average Bonchev–Trinajstić information content (AvgIpc) is 3.38. The molecule has 5 rings (SSSR count). The molecule has 2 aliphatic rings. The van der Waals surface area contributed by atoms with E-state index in [0.717, 1.165) is 47.7 Å². The van der Waals surface area contributed by atoms with E-state index in [2.05, 4.69) is 20.9 Å². The molecule has 2 aromatic heterocycles. The van der Waals surface area contributed by atoms with Gasteiger partial charge in [0.05, 0.1) is 10.2 Å². The SMILES string of the molecule is O=C(c1cc2sccc2n1Cc1ccc(F)cc1)N1CCN(C2CCCCC2)CC1. The Bertz CT molecular complexity index is 1010. The van der Waals surface area contributed by atoms with Gasteiger partial charge < -0.3 is 9.47 Å². The van der Waals surface area contributed by atoms with Gasteiger partial charge in [-0.25, -0.2) is 4.39 Å². The summed E-state index contributed by atoms with van der Waals surface area (Å²) in [5.74, 6) is -0.122. The van der Waals surface area contributed by atoms with E-state index >= 15 is 0 Å². The maximum Gasteiger partial charge on any atom is 0.270 e. The number of carbonyl (C=O) groups excluding carboxylic acids is 1. The molecule has 2 fully saturated rings. The number of thiophene rings is 1. The van der Waals surface area contributed by atoms with Crippen LogP contribution in [0.15, 0.2) is 41.8 Å². The minimum absolute atomic E-state index is 0.115. The van der Waals surface area contributed by atoms with Crippen molar-refractivity contribution in [3.05, 3.63) is 58.9 Å². The van der Waals surface area contributed by atoms with Gasteiger partial charge in [0.1, 0.15) is 11.5 Å². The summed E-state index contributed by atoms with van der Waals surface area (Å²) in [6.07, 6.45) is 6.68. The van der Waals surface area contributed by atoms with E-state index in [9.17, 15) is 9.18 Å². The predicted molar refractivity (Wildman–Crippen MR) is 120 cm³/mol. The summed E-state index contributed by atoms with van der Waals surface area (Å²) in [6.45, 7) is 4.12. The molecule has 0 bridgehead atoms. The molecule has 3 heterocycles. The smallest absolute Gasteiger partial charge is 0.270 e. The van der Waals surface area contributed by atoms with E-state index in [0.29, 0.717) is 12.6 Å². The molecule has 0 radical (unpaired) electrons. The van der Waals surface area contributed by atoms with Gasteiger partial charge >= 0.3 is 0 Å². The Hall–Kier alpha value is -2.18. The second kappa shape index (κ2) is 8.52. The van der Waals surface area contributed by atoms with Crippen molar-refractivity contribution >= 4 is 27.5 Å². The molecule has 158 valence electrons. The normalized spacial score (nSPS) is 18.9. The fraction of sp³-hybridized carbons (Fsp3) is 0.458. The number of fused-ring (bicyclic) bond motifs is 1. The number of piperazine rings is 1. The van der Waals surface area contributed by atoms with Crippen LogP contribution in [0.3, 0.4) is 0 Å². The first-order valence-electron chi connectivity index (χ1n) is 11.0. The van der Waals surface area contributed by atoms with E-state index < -0.39 is 0 Å². The monoisotopic (exact) mass is 425 g/mol. The minimum Gasteiger partial charge on any atom is -0.335 e. The Kier molecular flexibility index (Phi) is 5.61. The summed E-state index contributed by atoms with van der Waals surface area (Å²) in [6, 6.07) is 11.4. The third kappa shape index (κ3) is 3.91. The summed E-state index contributed by atoms with van der Waals surface area (Å²) in [4.78, 5) is 18.1. The van der Waals surface area contributed by atoms with Gasteiger partial charge in [0.25, 0.3) is 5.91 Å². The number of benzene rings is 1. The Labute approximate surface area is 180 Å². The van der Waals surface area contributed by atoms with Gasteiger partial charge in [0.2, 0.25) is 0 Å². The second-order valence-electron chi connectivity index (χ2n) is 8.53. The number of amides is 1. The lowest BCUT2D eigenvalue weighted by atomic mass is 9.94. The molecule has 1 aromatic carbocycles. The van der Waals surface area contributed by atoms with Crippen molar-refractivity contribution in [2.45, 2.75) is 44.7 Å². The summed E-state index contributed by atoms with van der Waals surface area (Å²) in [7, 11) is 0. The van der Waals surface area contributed by atoms with E-state index in [1.807, 2.05) is 11.0 Å². The predicted octanol–water partition coefficient (Wildman–Crippen LogP) is 4.98. The second-order valence-corrected chi connectivity index (χ2v) is 9.48. The van der Waals surface area contributed by atoms with Gasteiger partial charge in [-0.15, -0.1) is 11.3 Å². The Morgan fingerprint density at radius 2 is 1.73 bits per heavy atom. The number of hydrogen-bond acceptors (Lipinski definition) is 3. The molecule has 1 saturated heterocycles. The molecule has 1 aliphatic heterocycles. The Morgan fingerprint density at radius 3 is 2.47 bits per heavy atom. The fourth-order valence-corrected chi connectivity index (χ4v) is 5.82. The van der Waals surface area contributed by atoms with Crippen LogP contribution in [0.5, 0.6) is 0 Å². The van der Waals surface area contributed by atoms with Crippen molar-refractivity contribution in [1.82, 2.24) is 14.4 Å². The van der Waals surface area contributed by atoms with Crippen molar-refractivity contribution in [2.75, 3.05) is 26.2 Å². The lowest BCUT2D eigenvalue weighted by Gasteiger charge is -2.40. The van der Waals surface area contributed by atoms with Gasteiger partial charge in [-0.2, -0.15) is 0 Å². The Morgan fingerprint density at radius 1 is 1.00 bits per heavy atom. The number of halogens is 1. The van der Waals surface area contributed by atoms with Crippen LogP contribution in [0, 0.1) is 5.82 Å². The topological polar surface area (TPSA) is 28.5 Å². The molecule has 0 atom stereocenters. The van der Waals surface area contributed by atoms with Gasteiger partial charge in [-0.1, -0.05) is 31.4 Å². The molecule has 0 N–H and O–H groups in total. The average molecular weight is 426 g/mol. The molecular formula is C24H28FN3OS. The highest BCUT2D eigenvalue weighted by atomic mass is 32.1. The number of aromatic nitrogens is 1. The lowest BCUT2D eigenvalue weighted by molar-refractivity contribution is 0.0515. The highest BCUT2D eigenvalue weighted by molar-refractivity contribution is 7.17. The molecule has 30 heavy (non-hydrogen) atoms. The Balaban J connectivity index is 1.33. The van der Waals surface area contributed by atoms with Crippen molar-refractivity contribution in [1.29, 1.82) is 0 Å².